The fourth-order valence-corrected chi connectivity index (χ4v) is 3.37. The van der Waals surface area contributed by atoms with Crippen LogP contribution >= 0.6 is 11.8 Å². The van der Waals surface area contributed by atoms with Crippen LogP contribution in [0.15, 0.2) is 16.3 Å². The van der Waals surface area contributed by atoms with E-state index in [-0.39, 0.29) is 18.2 Å². The zero-order valence-electron chi connectivity index (χ0n) is 12.0. The number of hydrogen-bond acceptors (Lipinski definition) is 6. The number of nitrogens with one attached hydrogen (secondary N) is 3. The summed E-state index contributed by atoms with van der Waals surface area (Å²) in [5, 5.41) is 0. The molecule has 0 atom stereocenters. The first-order chi connectivity index (χ1) is 10.5. The quantitative estimate of drug-likeness (QED) is 0.492. The Labute approximate surface area is 133 Å². The molecule has 1 aliphatic heterocycles. The molecule has 0 radical (unpaired) electrons. The summed E-state index contributed by atoms with van der Waals surface area (Å²) in [5.74, 6) is 4.20. The predicted octanol–water partition coefficient (Wildman–Crippen LogP) is -0.181. The highest BCUT2D eigenvalue weighted by Crippen LogP contribution is 2.12. The molecule has 2 heterocycles. The van der Waals surface area contributed by atoms with Crippen LogP contribution in [0.2, 0.25) is 0 Å². The maximum absolute atomic E-state index is 11.4. The molecule has 8 nitrogen and oxygen atoms in total. The van der Waals surface area contributed by atoms with Gasteiger partial charge in [-0.1, -0.05) is 5.92 Å². The number of H-pyrrole nitrogens is 1. The van der Waals surface area contributed by atoms with E-state index >= 15 is 0 Å². The fourth-order valence-electron chi connectivity index (χ4n) is 1.64. The van der Waals surface area contributed by atoms with Crippen LogP contribution in [0.3, 0.4) is 0 Å². The SMILES string of the molecule is C#CCN=C1NS(=O)(=O)NC1=NCCSCc1nc[nH]c1C. The Balaban J connectivity index is 1.86. The number of nitrogens with zero attached hydrogens (tertiary/aromatic N) is 3. The summed E-state index contributed by atoms with van der Waals surface area (Å²) < 4.78 is 27.4. The molecule has 2 rings (SSSR count). The van der Waals surface area contributed by atoms with Crippen molar-refractivity contribution in [2.45, 2.75) is 12.7 Å². The summed E-state index contributed by atoms with van der Waals surface area (Å²) in [7, 11) is -3.61. The number of aromatic nitrogens is 2. The third-order valence-electron chi connectivity index (χ3n) is 2.69. The van der Waals surface area contributed by atoms with Crippen molar-refractivity contribution in [1.29, 1.82) is 0 Å². The molecule has 0 spiro atoms. The highest BCUT2D eigenvalue weighted by molar-refractivity contribution is 7.98. The van der Waals surface area contributed by atoms with Gasteiger partial charge in [-0.2, -0.15) is 20.2 Å². The monoisotopic (exact) mass is 340 g/mol. The molecule has 1 fully saturated rings. The van der Waals surface area contributed by atoms with Crippen LogP contribution in [0.1, 0.15) is 11.4 Å². The molecule has 0 bridgehead atoms. The molecule has 22 heavy (non-hydrogen) atoms. The Morgan fingerprint density at radius 1 is 1.36 bits per heavy atom. The van der Waals surface area contributed by atoms with E-state index in [1.807, 2.05) is 6.92 Å². The van der Waals surface area contributed by atoms with E-state index in [0.717, 1.165) is 22.9 Å². The third-order valence-corrected chi connectivity index (χ3v) is 4.57. The van der Waals surface area contributed by atoms with Gasteiger partial charge in [-0.05, 0) is 6.92 Å². The summed E-state index contributed by atoms with van der Waals surface area (Å²) in [4.78, 5) is 15.4. The number of imidazole rings is 1. The van der Waals surface area contributed by atoms with Crippen LogP contribution in [-0.4, -0.2) is 48.9 Å². The smallest absolute Gasteiger partial charge is 0.324 e. The number of hydrogen-bond donors (Lipinski definition) is 3. The maximum Gasteiger partial charge on any atom is 0.324 e. The van der Waals surface area contributed by atoms with Crippen molar-refractivity contribution in [2.24, 2.45) is 9.98 Å². The molecule has 1 aliphatic rings. The highest BCUT2D eigenvalue weighted by Gasteiger charge is 2.27. The summed E-state index contributed by atoms with van der Waals surface area (Å²) >= 11 is 1.67. The van der Waals surface area contributed by atoms with Gasteiger partial charge in [-0.25, -0.2) is 14.4 Å². The molecule has 0 aliphatic carbocycles. The number of terminal acetylenes is 1. The summed E-state index contributed by atoms with van der Waals surface area (Å²) in [5.41, 5.74) is 2.06. The average Bonchev–Trinajstić information content (AvgIpc) is 2.99. The van der Waals surface area contributed by atoms with Crippen LogP contribution in [-0.2, 0) is 16.0 Å². The molecule has 10 heteroatoms. The van der Waals surface area contributed by atoms with Crippen LogP contribution in [0.25, 0.3) is 0 Å². The van der Waals surface area contributed by atoms with Crippen LogP contribution in [0, 0.1) is 19.3 Å². The molecule has 1 saturated heterocycles. The highest BCUT2D eigenvalue weighted by atomic mass is 32.2. The normalized spacial score (nSPS) is 19.8. The molecular formula is C12H16N6O2S2. The lowest BCUT2D eigenvalue weighted by Gasteiger charge is -1.99. The number of aromatic amines is 1. The van der Waals surface area contributed by atoms with Gasteiger partial charge in [0.15, 0.2) is 11.7 Å². The summed E-state index contributed by atoms with van der Waals surface area (Å²) in [6.07, 6.45) is 6.78. The van der Waals surface area contributed by atoms with Crippen molar-refractivity contribution >= 4 is 33.6 Å². The molecular weight excluding hydrogens is 324 g/mol. The Bertz CT molecular complexity index is 729. The zero-order valence-corrected chi connectivity index (χ0v) is 13.6. The molecule has 1 aromatic heterocycles. The minimum absolute atomic E-state index is 0.0890. The second kappa shape index (κ2) is 7.33. The van der Waals surface area contributed by atoms with Gasteiger partial charge in [-0.15, -0.1) is 6.42 Å². The van der Waals surface area contributed by atoms with Gasteiger partial charge in [0.05, 0.1) is 18.6 Å². The standard InChI is InChI=1S/C12H16N6O2S2/c1-3-4-13-11-12(18-22(19,20)17-11)14-5-6-21-7-10-9(2)15-8-16-10/h1,8H,4-7H2,2H3,(H,13,17)(H,14,18)(H,15,16). The third kappa shape index (κ3) is 4.51. The van der Waals surface area contributed by atoms with Gasteiger partial charge in [0.25, 0.3) is 0 Å². The van der Waals surface area contributed by atoms with E-state index in [4.69, 9.17) is 6.42 Å². The van der Waals surface area contributed by atoms with E-state index in [0.29, 0.717) is 6.54 Å². The number of aliphatic imine (C=N–C) groups is 2. The maximum atomic E-state index is 11.4. The van der Waals surface area contributed by atoms with Crippen molar-refractivity contribution < 1.29 is 8.42 Å². The van der Waals surface area contributed by atoms with E-state index in [9.17, 15) is 8.42 Å². The second-order valence-electron chi connectivity index (χ2n) is 4.33. The Morgan fingerprint density at radius 2 is 2.09 bits per heavy atom. The molecule has 0 aromatic carbocycles. The summed E-state index contributed by atoms with van der Waals surface area (Å²) in [6.45, 7) is 2.52. The number of thioether (sulfide) groups is 1. The Hall–Kier alpha value is -1.99. The molecule has 3 N–H and O–H groups in total. The molecule has 0 amide bonds. The van der Waals surface area contributed by atoms with Crippen molar-refractivity contribution in [3.8, 4) is 12.3 Å². The van der Waals surface area contributed by atoms with Crippen molar-refractivity contribution in [3.05, 3.63) is 17.7 Å². The van der Waals surface area contributed by atoms with Gasteiger partial charge in [-0.3, -0.25) is 9.98 Å². The fraction of sp³-hybridized carbons (Fsp3) is 0.417. The number of amidine groups is 2. The number of aryl methyl sites for hydroxylation is 1. The van der Waals surface area contributed by atoms with Crippen LogP contribution in [0.5, 0.6) is 0 Å². The molecule has 0 unspecified atom stereocenters. The van der Waals surface area contributed by atoms with E-state index in [1.165, 1.54) is 0 Å². The lowest BCUT2D eigenvalue weighted by atomic mass is 10.4. The van der Waals surface area contributed by atoms with Gasteiger partial charge < -0.3 is 4.98 Å². The van der Waals surface area contributed by atoms with Gasteiger partial charge in [0, 0.05) is 17.2 Å². The Morgan fingerprint density at radius 3 is 2.73 bits per heavy atom. The minimum atomic E-state index is -3.61. The number of rotatable bonds is 6. The van der Waals surface area contributed by atoms with Gasteiger partial charge >= 0.3 is 10.2 Å². The molecule has 0 saturated carbocycles. The van der Waals surface area contributed by atoms with Gasteiger partial charge in [0.2, 0.25) is 0 Å². The molecule has 118 valence electrons. The first kappa shape index (κ1) is 16.4. The first-order valence-electron chi connectivity index (χ1n) is 6.41. The molecule has 1 aromatic rings. The van der Waals surface area contributed by atoms with Crippen LogP contribution in [0.4, 0.5) is 0 Å². The van der Waals surface area contributed by atoms with Crippen molar-refractivity contribution in [3.63, 3.8) is 0 Å². The minimum Gasteiger partial charge on any atom is -0.348 e. The topological polar surface area (TPSA) is 112 Å². The lowest BCUT2D eigenvalue weighted by Crippen LogP contribution is -2.24. The summed E-state index contributed by atoms with van der Waals surface area (Å²) in [6, 6.07) is 0. The lowest BCUT2D eigenvalue weighted by molar-refractivity contribution is 0.591. The van der Waals surface area contributed by atoms with E-state index < -0.39 is 10.2 Å². The second-order valence-corrected chi connectivity index (χ2v) is 6.85. The largest absolute Gasteiger partial charge is 0.348 e. The van der Waals surface area contributed by atoms with Crippen LogP contribution < -0.4 is 9.44 Å². The average molecular weight is 340 g/mol. The predicted molar refractivity (Wildman–Crippen MR) is 88.1 cm³/mol. The van der Waals surface area contributed by atoms with E-state index in [2.05, 4.69) is 35.3 Å². The first-order valence-corrected chi connectivity index (χ1v) is 9.05. The van der Waals surface area contributed by atoms with Gasteiger partial charge in [0.1, 0.15) is 6.54 Å². The van der Waals surface area contributed by atoms with Crippen molar-refractivity contribution in [2.75, 3.05) is 18.8 Å². The van der Waals surface area contributed by atoms with E-state index in [1.54, 1.807) is 18.1 Å². The van der Waals surface area contributed by atoms with Crippen molar-refractivity contribution in [1.82, 2.24) is 19.4 Å². The Kier molecular flexibility index (Phi) is 5.46. The zero-order chi connectivity index (χ0) is 16.0.